The Bertz CT molecular complexity index is 940. The summed E-state index contributed by atoms with van der Waals surface area (Å²) in [6, 6.07) is 17.5. The smallest absolute Gasteiger partial charge is 0.166 e. The van der Waals surface area contributed by atoms with Crippen LogP contribution in [-0.4, -0.2) is 0 Å². The van der Waals surface area contributed by atoms with Crippen LogP contribution in [0.5, 0.6) is 0 Å². The summed E-state index contributed by atoms with van der Waals surface area (Å²) in [4.78, 5) is 0. The second-order valence-corrected chi connectivity index (χ2v) is 6.65. The Morgan fingerprint density at radius 1 is 0.840 bits per heavy atom. The van der Waals surface area contributed by atoms with Crippen LogP contribution in [0.4, 0.5) is 13.2 Å². The Kier molecular flexibility index (Phi) is 3.84. The molecule has 0 fully saturated rings. The molecule has 0 N–H and O–H groups in total. The Morgan fingerprint density at radius 3 is 2.28 bits per heavy atom. The third-order valence-electron chi connectivity index (χ3n) is 4.67. The summed E-state index contributed by atoms with van der Waals surface area (Å²) in [6.45, 7) is 0. The van der Waals surface area contributed by atoms with E-state index in [4.69, 9.17) is 11.6 Å². The van der Waals surface area contributed by atoms with Crippen molar-refractivity contribution in [1.29, 1.82) is 0 Å². The lowest BCUT2D eigenvalue weighted by molar-refractivity contribution is -0.137. The van der Waals surface area contributed by atoms with E-state index in [9.17, 15) is 13.2 Å². The third kappa shape index (κ3) is 2.93. The van der Waals surface area contributed by atoms with E-state index in [-0.39, 0.29) is 0 Å². The average molecular weight is 359 g/mol. The molecular formula is C21H14ClF3. The Balaban J connectivity index is 1.64. The summed E-state index contributed by atoms with van der Waals surface area (Å²) in [7, 11) is 0. The summed E-state index contributed by atoms with van der Waals surface area (Å²) in [5.74, 6) is 0. The monoisotopic (exact) mass is 358 g/mol. The lowest BCUT2D eigenvalue weighted by Gasteiger charge is -2.11. The topological polar surface area (TPSA) is 0 Å². The van der Waals surface area contributed by atoms with E-state index in [0.29, 0.717) is 11.4 Å². The summed E-state index contributed by atoms with van der Waals surface area (Å²) < 4.78 is 38.0. The van der Waals surface area contributed by atoms with Gasteiger partial charge in [0.2, 0.25) is 0 Å². The van der Waals surface area contributed by atoms with Crippen LogP contribution in [0.25, 0.3) is 11.1 Å². The molecule has 0 aliphatic heterocycles. The number of hydrogen-bond acceptors (Lipinski definition) is 0. The molecule has 126 valence electrons. The van der Waals surface area contributed by atoms with E-state index in [1.165, 1.54) is 23.3 Å². The molecule has 4 heteroatoms. The highest BCUT2D eigenvalue weighted by Crippen LogP contribution is 2.41. The first-order valence-electron chi connectivity index (χ1n) is 7.98. The molecule has 0 atom stereocenters. The number of halogens is 4. The van der Waals surface area contributed by atoms with Crippen molar-refractivity contribution < 1.29 is 13.2 Å². The van der Waals surface area contributed by atoms with E-state index >= 15 is 0 Å². The molecule has 3 aromatic carbocycles. The lowest BCUT2D eigenvalue weighted by Crippen LogP contribution is -2.04. The lowest BCUT2D eigenvalue weighted by atomic mass is 9.98. The third-order valence-corrected chi connectivity index (χ3v) is 5.14. The second-order valence-electron chi connectivity index (χ2n) is 6.27. The molecule has 0 aromatic heterocycles. The van der Waals surface area contributed by atoms with Crippen molar-refractivity contribution in [3.8, 4) is 11.1 Å². The normalized spacial score (nSPS) is 12.8. The van der Waals surface area contributed by atoms with Gasteiger partial charge >= 0.3 is 6.18 Å². The minimum absolute atomic E-state index is 0.514. The summed E-state index contributed by atoms with van der Waals surface area (Å²) in [5.41, 5.74) is 5.83. The van der Waals surface area contributed by atoms with Crippen LogP contribution in [0.2, 0.25) is 5.02 Å². The van der Waals surface area contributed by atoms with E-state index < -0.39 is 11.7 Å². The molecule has 0 spiro atoms. The largest absolute Gasteiger partial charge is 0.416 e. The first kappa shape index (κ1) is 16.2. The van der Waals surface area contributed by atoms with Crippen LogP contribution in [0.15, 0.2) is 60.7 Å². The van der Waals surface area contributed by atoms with Crippen molar-refractivity contribution in [3.05, 3.63) is 93.5 Å². The zero-order valence-corrected chi connectivity index (χ0v) is 14.0. The van der Waals surface area contributed by atoms with Gasteiger partial charge in [-0.3, -0.25) is 0 Å². The molecule has 0 heterocycles. The molecule has 0 saturated carbocycles. The molecule has 4 rings (SSSR count). The first-order valence-corrected chi connectivity index (χ1v) is 8.36. The predicted octanol–water partition coefficient (Wildman–Crippen LogP) is 6.52. The van der Waals surface area contributed by atoms with Crippen molar-refractivity contribution in [3.63, 3.8) is 0 Å². The molecule has 0 amide bonds. The SMILES string of the molecule is FC(F)(F)c1ccc(Cc2ccc3c(c2Cl)Cc2ccccc2-3)cc1. The highest BCUT2D eigenvalue weighted by molar-refractivity contribution is 6.32. The Hall–Kier alpha value is -2.26. The Morgan fingerprint density at radius 2 is 1.56 bits per heavy atom. The van der Waals surface area contributed by atoms with Gasteiger partial charge in [-0.2, -0.15) is 13.2 Å². The quantitative estimate of drug-likeness (QED) is 0.382. The van der Waals surface area contributed by atoms with Crippen LogP contribution in [0, 0.1) is 0 Å². The van der Waals surface area contributed by atoms with Gasteiger partial charge in [0.25, 0.3) is 0 Å². The highest BCUT2D eigenvalue weighted by atomic mass is 35.5. The molecule has 0 unspecified atom stereocenters. The minimum atomic E-state index is -4.31. The van der Waals surface area contributed by atoms with Crippen LogP contribution in [-0.2, 0) is 19.0 Å². The zero-order chi connectivity index (χ0) is 17.6. The minimum Gasteiger partial charge on any atom is -0.166 e. The maximum atomic E-state index is 12.7. The van der Waals surface area contributed by atoms with E-state index in [2.05, 4.69) is 18.2 Å². The molecule has 0 nitrogen and oxygen atoms in total. The number of benzene rings is 3. The Labute approximate surface area is 148 Å². The molecule has 1 aliphatic rings. The first-order chi connectivity index (χ1) is 11.9. The maximum Gasteiger partial charge on any atom is 0.416 e. The fourth-order valence-corrected chi connectivity index (χ4v) is 3.69. The molecule has 0 radical (unpaired) electrons. The standard InChI is InChI=1S/C21H14ClF3/c22-20-15(11-13-5-8-16(9-6-13)21(23,24)25)7-10-18-17-4-2-1-3-14(17)12-19(18)20/h1-10H,11-12H2. The van der Waals surface area contributed by atoms with Gasteiger partial charge in [-0.25, -0.2) is 0 Å². The highest BCUT2D eigenvalue weighted by Gasteiger charge is 2.30. The van der Waals surface area contributed by atoms with Gasteiger partial charge in [-0.15, -0.1) is 0 Å². The van der Waals surface area contributed by atoms with Crippen molar-refractivity contribution in [2.24, 2.45) is 0 Å². The average Bonchev–Trinajstić information content (AvgIpc) is 2.97. The van der Waals surface area contributed by atoms with Crippen molar-refractivity contribution in [1.82, 2.24) is 0 Å². The van der Waals surface area contributed by atoms with Gasteiger partial charge in [-0.05, 0) is 51.9 Å². The van der Waals surface area contributed by atoms with Gasteiger partial charge in [0.15, 0.2) is 0 Å². The maximum absolute atomic E-state index is 12.7. The fraction of sp³-hybridized carbons (Fsp3) is 0.143. The number of rotatable bonds is 2. The number of alkyl halides is 3. The van der Waals surface area contributed by atoms with Crippen LogP contribution >= 0.6 is 11.6 Å². The molecular weight excluding hydrogens is 345 g/mol. The molecule has 1 aliphatic carbocycles. The molecule has 25 heavy (non-hydrogen) atoms. The van der Waals surface area contributed by atoms with Crippen LogP contribution in [0.1, 0.15) is 27.8 Å². The van der Waals surface area contributed by atoms with Crippen molar-refractivity contribution >= 4 is 11.6 Å². The predicted molar refractivity (Wildman–Crippen MR) is 93.9 cm³/mol. The molecule has 0 bridgehead atoms. The van der Waals surface area contributed by atoms with E-state index in [1.54, 1.807) is 0 Å². The van der Waals surface area contributed by atoms with Crippen LogP contribution < -0.4 is 0 Å². The van der Waals surface area contributed by atoms with Gasteiger partial charge in [-0.1, -0.05) is 60.1 Å². The van der Waals surface area contributed by atoms with Crippen molar-refractivity contribution in [2.45, 2.75) is 19.0 Å². The van der Waals surface area contributed by atoms with E-state index in [1.807, 2.05) is 18.2 Å². The van der Waals surface area contributed by atoms with Gasteiger partial charge in [0, 0.05) is 11.4 Å². The molecule has 3 aromatic rings. The summed E-state index contributed by atoms with van der Waals surface area (Å²) >= 11 is 6.62. The van der Waals surface area contributed by atoms with Gasteiger partial charge < -0.3 is 0 Å². The molecule has 0 saturated heterocycles. The van der Waals surface area contributed by atoms with Gasteiger partial charge in [0.05, 0.1) is 5.56 Å². The van der Waals surface area contributed by atoms with Gasteiger partial charge in [0.1, 0.15) is 0 Å². The van der Waals surface area contributed by atoms with E-state index in [0.717, 1.165) is 40.8 Å². The second kappa shape index (κ2) is 5.92. The number of fused-ring (bicyclic) bond motifs is 3. The summed E-state index contributed by atoms with van der Waals surface area (Å²) in [5, 5.41) is 0.716. The summed E-state index contributed by atoms with van der Waals surface area (Å²) in [6.07, 6.45) is -3.00. The van der Waals surface area contributed by atoms with Crippen LogP contribution in [0.3, 0.4) is 0 Å². The number of hydrogen-bond donors (Lipinski definition) is 0. The zero-order valence-electron chi connectivity index (χ0n) is 13.2. The van der Waals surface area contributed by atoms with Crippen molar-refractivity contribution in [2.75, 3.05) is 0 Å². The fourth-order valence-electron chi connectivity index (χ4n) is 3.39.